The SMILES string of the molecule is O=C(c1ccc2nccn2c1)N1CCCCC1CO. The summed E-state index contributed by atoms with van der Waals surface area (Å²) < 4.78 is 1.84. The molecule has 1 aliphatic rings. The second-order valence-corrected chi connectivity index (χ2v) is 4.94. The average Bonchev–Trinajstić information content (AvgIpc) is 2.93. The van der Waals surface area contributed by atoms with Crippen molar-refractivity contribution in [1.82, 2.24) is 14.3 Å². The molecule has 100 valence electrons. The van der Waals surface area contributed by atoms with Crippen LogP contribution in [0.2, 0.25) is 0 Å². The van der Waals surface area contributed by atoms with Crippen LogP contribution in [0.15, 0.2) is 30.7 Å². The quantitative estimate of drug-likeness (QED) is 0.885. The van der Waals surface area contributed by atoms with Crippen molar-refractivity contribution < 1.29 is 9.90 Å². The molecule has 19 heavy (non-hydrogen) atoms. The number of imidazole rings is 1. The highest BCUT2D eigenvalue weighted by Crippen LogP contribution is 2.19. The number of nitrogens with zero attached hydrogens (tertiary/aromatic N) is 3. The number of carbonyl (C=O) groups is 1. The number of aliphatic hydroxyl groups is 1. The number of aliphatic hydroxyl groups excluding tert-OH is 1. The summed E-state index contributed by atoms with van der Waals surface area (Å²) in [5.41, 5.74) is 1.47. The van der Waals surface area contributed by atoms with Gasteiger partial charge >= 0.3 is 0 Å². The number of piperidine rings is 1. The average molecular weight is 259 g/mol. The molecule has 5 nitrogen and oxygen atoms in total. The minimum atomic E-state index is -0.0419. The van der Waals surface area contributed by atoms with Gasteiger partial charge in [0.1, 0.15) is 5.65 Å². The number of carbonyl (C=O) groups excluding carboxylic acids is 1. The first-order valence-corrected chi connectivity index (χ1v) is 6.64. The van der Waals surface area contributed by atoms with E-state index >= 15 is 0 Å². The summed E-state index contributed by atoms with van der Waals surface area (Å²) in [7, 11) is 0. The second kappa shape index (κ2) is 5.01. The highest BCUT2D eigenvalue weighted by molar-refractivity contribution is 5.94. The highest BCUT2D eigenvalue weighted by Gasteiger charge is 2.26. The maximum absolute atomic E-state index is 12.5. The van der Waals surface area contributed by atoms with Crippen LogP contribution < -0.4 is 0 Å². The summed E-state index contributed by atoms with van der Waals surface area (Å²) in [6.07, 6.45) is 8.31. The van der Waals surface area contributed by atoms with Gasteiger partial charge in [0.2, 0.25) is 0 Å². The van der Waals surface area contributed by atoms with Crippen molar-refractivity contribution in [3.05, 3.63) is 36.3 Å². The molecule has 1 saturated heterocycles. The molecule has 1 aliphatic heterocycles. The van der Waals surface area contributed by atoms with Gasteiger partial charge in [0.05, 0.1) is 18.2 Å². The predicted octanol–water partition coefficient (Wildman–Crippen LogP) is 1.32. The number of hydrogen-bond acceptors (Lipinski definition) is 3. The minimum absolute atomic E-state index is 0.00523. The van der Waals surface area contributed by atoms with Gasteiger partial charge in [-0.15, -0.1) is 0 Å². The van der Waals surface area contributed by atoms with E-state index < -0.39 is 0 Å². The van der Waals surface area contributed by atoms with Crippen LogP contribution in [0.4, 0.5) is 0 Å². The summed E-state index contributed by atoms with van der Waals surface area (Å²) in [4.78, 5) is 18.5. The van der Waals surface area contributed by atoms with E-state index in [1.165, 1.54) is 0 Å². The van der Waals surface area contributed by atoms with Crippen LogP contribution >= 0.6 is 0 Å². The largest absolute Gasteiger partial charge is 0.394 e. The Bertz CT molecular complexity index is 593. The van der Waals surface area contributed by atoms with Gasteiger partial charge in [0, 0.05) is 25.1 Å². The minimum Gasteiger partial charge on any atom is -0.394 e. The van der Waals surface area contributed by atoms with E-state index in [9.17, 15) is 9.90 Å². The zero-order chi connectivity index (χ0) is 13.2. The fourth-order valence-electron chi connectivity index (χ4n) is 2.67. The van der Waals surface area contributed by atoms with E-state index in [1.807, 2.05) is 16.7 Å². The van der Waals surface area contributed by atoms with Crippen LogP contribution in [-0.2, 0) is 0 Å². The molecule has 0 aromatic carbocycles. The van der Waals surface area contributed by atoms with Crippen molar-refractivity contribution in [2.24, 2.45) is 0 Å². The van der Waals surface area contributed by atoms with Gasteiger partial charge in [-0.3, -0.25) is 4.79 Å². The maximum Gasteiger partial charge on any atom is 0.255 e. The van der Waals surface area contributed by atoms with Crippen molar-refractivity contribution in [2.75, 3.05) is 13.2 Å². The van der Waals surface area contributed by atoms with E-state index in [2.05, 4.69) is 4.98 Å². The molecule has 0 radical (unpaired) electrons. The lowest BCUT2D eigenvalue weighted by atomic mass is 10.0. The van der Waals surface area contributed by atoms with Gasteiger partial charge < -0.3 is 14.4 Å². The zero-order valence-corrected chi connectivity index (χ0v) is 10.7. The topological polar surface area (TPSA) is 57.8 Å². The number of amides is 1. The standard InChI is InChI=1S/C14H17N3O2/c18-10-12-3-1-2-7-17(12)14(19)11-4-5-13-15-6-8-16(13)9-11/h4-6,8-9,12,18H,1-3,7,10H2. The summed E-state index contributed by atoms with van der Waals surface area (Å²) in [6, 6.07) is 3.60. The van der Waals surface area contributed by atoms with Crippen molar-refractivity contribution in [2.45, 2.75) is 25.3 Å². The summed E-state index contributed by atoms with van der Waals surface area (Å²) >= 11 is 0. The summed E-state index contributed by atoms with van der Waals surface area (Å²) in [5, 5.41) is 9.39. The number of fused-ring (bicyclic) bond motifs is 1. The van der Waals surface area contributed by atoms with Crippen LogP contribution in [0.5, 0.6) is 0 Å². The Morgan fingerprint density at radius 1 is 1.42 bits per heavy atom. The fourth-order valence-corrected chi connectivity index (χ4v) is 2.67. The summed E-state index contributed by atoms with van der Waals surface area (Å²) in [5.74, 6) is -0.00523. The molecule has 1 atom stereocenters. The third kappa shape index (κ3) is 2.21. The van der Waals surface area contributed by atoms with E-state index in [1.54, 1.807) is 23.4 Å². The molecule has 1 unspecified atom stereocenters. The van der Waals surface area contributed by atoms with E-state index in [0.717, 1.165) is 31.5 Å². The Labute approximate surface area is 111 Å². The number of pyridine rings is 1. The molecule has 3 heterocycles. The third-order valence-electron chi connectivity index (χ3n) is 3.73. The first-order valence-electron chi connectivity index (χ1n) is 6.64. The molecule has 0 aliphatic carbocycles. The third-order valence-corrected chi connectivity index (χ3v) is 3.73. The van der Waals surface area contributed by atoms with Crippen molar-refractivity contribution in [3.8, 4) is 0 Å². The van der Waals surface area contributed by atoms with Crippen molar-refractivity contribution in [3.63, 3.8) is 0 Å². The lowest BCUT2D eigenvalue weighted by Gasteiger charge is -2.34. The first kappa shape index (κ1) is 12.2. The van der Waals surface area contributed by atoms with Crippen LogP contribution in [-0.4, -0.2) is 44.5 Å². The Balaban J connectivity index is 1.89. The zero-order valence-electron chi connectivity index (χ0n) is 10.7. The normalized spacial score (nSPS) is 19.8. The monoisotopic (exact) mass is 259 g/mol. The van der Waals surface area contributed by atoms with Gasteiger partial charge in [-0.25, -0.2) is 4.98 Å². The smallest absolute Gasteiger partial charge is 0.255 e. The van der Waals surface area contributed by atoms with Gasteiger partial charge in [0.25, 0.3) is 5.91 Å². The second-order valence-electron chi connectivity index (χ2n) is 4.94. The molecule has 3 rings (SSSR count). The molecular weight excluding hydrogens is 242 g/mol. The van der Waals surface area contributed by atoms with E-state index in [4.69, 9.17) is 0 Å². The molecule has 0 saturated carbocycles. The number of rotatable bonds is 2. The molecule has 2 aromatic rings. The summed E-state index contributed by atoms with van der Waals surface area (Å²) in [6.45, 7) is 0.769. The molecule has 0 bridgehead atoms. The molecule has 1 fully saturated rings. The Morgan fingerprint density at radius 3 is 3.16 bits per heavy atom. The fraction of sp³-hybridized carbons (Fsp3) is 0.429. The number of aromatic nitrogens is 2. The molecule has 1 amide bonds. The number of likely N-dealkylation sites (tertiary alicyclic amines) is 1. The molecule has 2 aromatic heterocycles. The van der Waals surface area contributed by atoms with Crippen molar-refractivity contribution >= 4 is 11.6 Å². The molecule has 1 N–H and O–H groups in total. The van der Waals surface area contributed by atoms with Gasteiger partial charge in [-0.2, -0.15) is 0 Å². The maximum atomic E-state index is 12.5. The van der Waals surface area contributed by atoms with Crippen LogP contribution in [0.25, 0.3) is 5.65 Å². The lowest BCUT2D eigenvalue weighted by Crippen LogP contribution is -2.45. The van der Waals surface area contributed by atoms with Gasteiger partial charge in [-0.05, 0) is 31.4 Å². The molecule has 0 spiro atoms. The van der Waals surface area contributed by atoms with E-state index in [-0.39, 0.29) is 18.6 Å². The van der Waals surface area contributed by atoms with Crippen LogP contribution in [0.3, 0.4) is 0 Å². The predicted molar refractivity (Wildman–Crippen MR) is 71.0 cm³/mol. The lowest BCUT2D eigenvalue weighted by molar-refractivity contribution is 0.0502. The Morgan fingerprint density at radius 2 is 2.32 bits per heavy atom. The van der Waals surface area contributed by atoms with Gasteiger partial charge in [0.15, 0.2) is 0 Å². The van der Waals surface area contributed by atoms with Gasteiger partial charge in [-0.1, -0.05) is 0 Å². The van der Waals surface area contributed by atoms with E-state index in [0.29, 0.717) is 5.56 Å². The molecule has 5 heteroatoms. The van der Waals surface area contributed by atoms with Crippen LogP contribution in [0, 0.1) is 0 Å². The first-order chi connectivity index (χ1) is 9.29. The Kier molecular flexibility index (Phi) is 3.21. The van der Waals surface area contributed by atoms with Crippen LogP contribution in [0.1, 0.15) is 29.6 Å². The highest BCUT2D eigenvalue weighted by atomic mass is 16.3. The van der Waals surface area contributed by atoms with Crippen molar-refractivity contribution in [1.29, 1.82) is 0 Å². The number of hydrogen-bond donors (Lipinski definition) is 1. The Hall–Kier alpha value is -1.88. The molecular formula is C14H17N3O2.